The van der Waals surface area contributed by atoms with Gasteiger partial charge in [0.2, 0.25) is 0 Å². The second-order valence-corrected chi connectivity index (χ2v) is 4.06. The number of rotatable bonds is 4. The van der Waals surface area contributed by atoms with Crippen molar-refractivity contribution in [3.8, 4) is 5.75 Å². The van der Waals surface area contributed by atoms with Crippen molar-refractivity contribution in [1.82, 2.24) is 4.90 Å². The number of aliphatic carboxylic acids is 1. The Bertz CT molecular complexity index is 390. The number of aryl methyl sites for hydroxylation is 1. The minimum atomic E-state index is -0.866. The number of benzene rings is 1. The lowest BCUT2D eigenvalue weighted by atomic mass is 10.1. The first-order chi connectivity index (χ1) is 7.41. The molecule has 1 atom stereocenters. The van der Waals surface area contributed by atoms with Crippen LogP contribution in [0.1, 0.15) is 18.1 Å². The van der Waals surface area contributed by atoms with E-state index in [0.29, 0.717) is 6.54 Å². The lowest BCUT2D eigenvalue weighted by Crippen LogP contribution is -2.35. The highest BCUT2D eigenvalue weighted by molar-refractivity contribution is 5.72. The number of nitrogens with zero attached hydrogens (tertiary/aromatic N) is 1. The van der Waals surface area contributed by atoms with Gasteiger partial charge >= 0.3 is 5.97 Å². The third-order valence-electron chi connectivity index (χ3n) is 2.67. The van der Waals surface area contributed by atoms with Crippen LogP contribution in [0.15, 0.2) is 18.2 Å². The number of phenolic OH excluding ortho intramolecular Hbond substituents is 1. The molecule has 0 saturated heterocycles. The van der Waals surface area contributed by atoms with E-state index in [4.69, 9.17) is 5.11 Å². The standard InChI is InChI=1S/C12H17NO3/c1-8-4-5-11(14)10(6-8)7-13(3)9(2)12(15)16/h4-6,9,14H,7H2,1-3H3,(H,15,16). The van der Waals surface area contributed by atoms with Crippen molar-refractivity contribution in [2.45, 2.75) is 26.4 Å². The third-order valence-corrected chi connectivity index (χ3v) is 2.67. The Labute approximate surface area is 95.1 Å². The molecule has 0 aromatic heterocycles. The van der Waals surface area contributed by atoms with Gasteiger partial charge in [-0.15, -0.1) is 0 Å². The summed E-state index contributed by atoms with van der Waals surface area (Å²) in [6.45, 7) is 3.97. The van der Waals surface area contributed by atoms with Crippen LogP contribution in [0, 0.1) is 6.92 Å². The van der Waals surface area contributed by atoms with Gasteiger partial charge in [-0.3, -0.25) is 9.69 Å². The van der Waals surface area contributed by atoms with Crippen molar-refractivity contribution < 1.29 is 15.0 Å². The Morgan fingerprint density at radius 1 is 1.50 bits per heavy atom. The number of phenols is 1. The summed E-state index contributed by atoms with van der Waals surface area (Å²) in [4.78, 5) is 12.5. The average molecular weight is 223 g/mol. The van der Waals surface area contributed by atoms with E-state index in [1.54, 1.807) is 24.9 Å². The normalized spacial score (nSPS) is 12.8. The summed E-state index contributed by atoms with van der Waals surface area (Å²) < 4.78 is 0. The monoisotopic (exact) mass is 223 g/mol. The first-order valence-corrected chi connectivity index (χ1v) is 5.13. The molecule has 1 aromatic rings. The minimum absolute atomic E-state index is 0.204. The number of aromatic hydroxyl groups is 1. The lowest BCUT2D eigenvalue weighted by Gasteiger charge is -2.21. The van der Waals surface area contributed by atoms with Gasteiger partial charge in [-0.05, 0) is 27.0 Å². The van der Waals surface area contributed by atoms with E-state index in [-0.39, 0.29) is 5.75 Å². The van der Waals surface area contributed by atoms with E-state index in [2.05, 4.69) is 0 Å². The molecule has 4 nitrogen and oxygen atoms in total. The van der Waals surface area contributed by atoms with Gasteiger partial charge in [0.05, 0.1) is 0 Å². The summed E-state index contributed by atoms with van der Waals surface area (Å²) >= 11 is 0. The highest BCUT2D eigenvalue weighted by Crippen LogP contribution is 2.20. The molecule has 2 N–H and O–H groups in total. The zero-order valence-electron chi connectivity index (χ0n) is 9.77. The number of likely N-dealkylation sites (N-methyl/N-ethyl adjacent to an activating group) is 1. The van der Waals surface area contributed by atoms with Gasteiger partial charge in [-0.2, -0.15) is 0 Å². The summed E-state index contributed by atoms with van der Waals surface area (Å²) in [6.07, 6.45) is 0. The fraction of sp³-hybridized carbons (Fsp3) is 0.417. The van der Waals surface area contributed by atoms with E-state index >= 15 is 0 Å². The quantitative estimate of drug-likeness (QED) is 0.814. The van der Waals surface area contributed by atoms with Crippen LogP contribution in [0.25, 0.3) is 0 Å². The maximum atomic E-state index is 10.8. The first-order valence-electron chi connectivity index (χ1n) is 5.13. The van der Waals surface area contributed by atoms with Crippen molar-refractivity contribution in [3.05, 3.63) is 29.3 Å². The van der Waals surface area contributed by atoms with E-state index in [9.17, 15) is 9.90 Å². The Kier molecular flexibility index (Phi) is 3.90. The Morgan fingerprint density at radius 2 is 2.12 bits per heavy atom. The number of carboxylic acid groups (broad SMARTS) is 1. The van der Waals surface area contributed by atoms with Crippen LogP contribution in [-0.2, 0) is 11.3 Å². The van der Waals surface area contributed by atoms with E-state index < -0.39 is 12.0 Å². The molecule has 0 bridgehead atoms. The summed E-state index contributed by atoms with van der Waals surface area (Å²) in [7, 11) is 1.72. The minimum Gasteiger partial charge on any atom is -0.508 e. The predicted octanol–water partition coefficient (Wildman–Crippen LogP) is 1.61. The Balaban J connectivity index is 2.80. The molecule has 4 heteroatoms. The molecule has 1 rings (SSSR count). The zero-order chi connectivity index (χ0) is 12.3. The molecule has 0 heterocycles. The van der Waals surface area contributed by atoms with Gasteiger partial charge in [0.15, 0.2) is 0 Å². The summed E-state index contributed by atoms with van der Waals surface area (Å²) in [5.74, 6) is -0.662. The molecule has 0 spiro atoms. The first kappa shape index (κ1) is 12.5. The average Bonchev–Trinajstić information content (AvgIpc) is 2.22. The second kappa shape index (κ2) is 4.99. The lowest BCUT2D eigenvalue weighted by molar-refractivity contribution is -0.142. The maximum absolute atomic E-state index is 10.8. The predicted molar refractivity (Wildman–Crippen MR) is 61.4 cm³/mol. The van der Waals surface area contributed by atoms with Gasteiger partial charge in [0.1, 0.15) is 11.8 Å². The van der Waals surface area contributed by atoms with Crippen molar-refractivity contribution in [2.24, 2.45) is 0 Å². The molecule has 0 aliphatic heterocycles. The molecule has 0 aliphatic rings. The summed E-state index contributed by atoms with van der Waals surface area (Å²) in [5, 5.41) is 18.5. The SMILES string of the molecule is Cc1ccc(O)c(CN(C)C(C)C(=O)O)c1. The van der Waals surface area contributed by atoms with Crippen molar-refractivity contribution in [3.63, 3.8) is 0 Å². The fourth-order valence-corrected chi connectivity index (χ4v) is 1.44. The molecular formula is C12H17NO3. The zero-order valence-corrected chi connectivity index (χ0v) is 9.77. The number of carbonyl (C=O) groups is 1. The molecular weight excluding hydrogens is 206 g/mol. The molecule has 0 aliphatic carbocycles. The van der Waals surface area contributed by atoms with Gasteiger partial charge in [0.25, 0.3) is 0 Å². The van der Waals surface area contributed by atoms with E-state index in [0.717, 1.165) is 11.1 Å². The Hall–Kier alpha value is -1.55. The van der Waals surface area contributed by atoms with Crippen LogP contribution in [0.3, 0.4) is 0 Å². The molecule has 0 saturated carbocycles. The Morgan fingerprint density at radius 3 is 2.69 bits per heavy atom. The van der Waals surface area contributed by atoms with Gasteiger partial charge in [-0.1, -0.05) is 17.7 Å². The maximum Gasteiger partial charge on any atom is 0.320 e. The largest absolute Gasteiger partial charge is 0.508 e. The van der Waals surface area contributed by atoms with Gasteiger partial charge < -0.3 is 10.2 Å². The van der Waals surface area contributed by atoms with Crippen LogP contribution in [0.2, 0.25) is 0 Å². The fourth-order valence-electron chi connectivity index (χ4n) is 1.44. The van der Waals surface area contributed by atoms with Gasteiger partial charge in [0, 0.05) is 12.1 Å². The highest BCUT2D eigenvalue weighted by atomic mass is 16.4. The van der Waals surface area contributed by atoms with Crippen LogP contribution in [0.4, 0.5) is 0 Å². The van der Waals surface area contributed by atoms with Crippen LogP contribution < -0.4 is 0 Å². The van der Waals surface area contributed by atoms with E-state index in [1.165, 1.54) is 0 Å². The summed E-state index contributed by atoms with van der Waals surface area (Å²) in [6, 6.07) is 4.74. The number of hydrogen-bond acceptors (Lipinski definition) is 3. The smallest absolute Gasteiger partial charge is 0.320 e. The molecule has 0 fully saturated rings. The number of hydrogen-bond donors (Lipinski definition) is 2. The highest BCUT2D eigenvalue weighted by Gasteiger charge is 2.17. The van der Waals surface area contributed by atoms with Crippen LogP contribution in [-0.4, -0.2) is 34.2 Å². The molecule has 1 unspecified atom stereocenters. The topological polar surface area (TPSA) is 60.8 Å². The number of carboxylic acids is 1. The van der Waals surface area contributed by atoms with Crippen molar-refractivity contribution >= 4 is 5.97 Å². The van der Waals surface area contributed by atoms with Crippen molar-refractivity contribution in [1.29, 1.82) is 0 Å². The van der Waals surface area contributed by atoms with E-state index in [1.807, 2.05) is 19.1 Å². The molecule has 1 aromatic carbocycles. The summed E-state index contributed by atoms with van der Waals surface area (Å²) in [5.41, 5.74) is 1.79. The van der Waals surface area contributed by atoms with Crippen molar-refractivity contribution in [2.75, 3.05) is 7.05 Å². The molecule has 16 heavy (non-hydrogen) atoms. The van der Waals surface area contributed by atoms with Crippen LogP contribution >= 0.6 is 0 Å². The molecule has 0 radical (unpaired) electrons. The third kappa shape index (κ3) is 2.97. The second-order valence-electron chi connectivity index (χ2n) is 4.06. The van der Waals surface area contributed by atoms with Gasteiger partial charge in [-0.25, -0.2) is 0 Å². The molecule has 88 valence electrons. The molecule has 0 amide bonds. The van der Waals surface area contributed by atoms with Crippen LogP contribution in [0.5, 0.6) is 5.75 Å².